The molecule has 1 aliphatic heterocycles. The molecule has 1 aliphatic rings. The molecule has 1 fully saturated rings. The number of hydrazine groups is 1. The molecule has 98 valence electrons. The van der Waals surface area contributed by atoms with Gasteiger partial charge in [-0.25, -0.2) is 0 Å². The molecular weight excluding hydrogens is 228 g/mol. The largest absolute Gasteiger partial charge is 0.337 e. The van der Waals surface area contributed by atoms with Crippen molar-refractivity contribution in [3.63, 3.8) is 0 Å². The lowest BCUT2D eigenvalue weighted by Crippen LogP contribution is -2.30. The van der Waals surface area contributed by atoms with Crippen LogP contribution in [-0.4, -0.2) is 22.3 Å². The number of rotatable bonds is 3. The van der Waals surface area contributed by atoms with Gasteiger partial charge in [0.15, 0.2) is 0 Å². The molecule has 1 aromatic rings. The summed E-state index contributed by atoms with van der Waals surface area (Å²) in [6, 6.07) is 3.68. The quantitative estimate of drug-likeness (QED) is 0.628. The van der Waals surface area contributed by atoms with E-state index in [2.05, 4.69) is 17.3 Å². The van der Waals surface area contributed by atoms with Gasteiger partial charge in [0.25, 0.3) is 0 Å². The molecule has 0 spiro atoms. The zero-order valence-electron chi connectivity index (χ0n) is 10.7. The van der Waals surface area contributed by atoms with Crippen molar-refractivity contribution in [3.05, 3.63) is 24.0 Å². The SMILES string of the molecule is CC1CCC(=O)N(Cc2cc(NN)ccn2)CC1. The maximum Gasteiger partial charge on any atom is 0.222 e. The number of aromatic nitrogens is 1. The minimum Gasteiger partial charge on any atom is -0.337 e. The van der Waals surface area contributed by atoms with Gasteiger partial charge in [0.2, 0.25) is 5.91 Å². The topological polar surface area (TPSA) is 71.2 Å². The maximum atomic E-state index is 12.0. The molecule has 0 aromatic carbocycles. The second-order valence-electron chi connectivity index (χ2n) is 4.93. The zero-order chi connectivity index (χ0) is 13.0. The third kappa shape index (κ3) is 3.20. The number of carbonyl (C=O) groups excluding carboxylic acids is 1. The molecule has 5 heteroatoms. The van der Waals surface area contributed by atoms with Crippen molar-refractivity contribution >= 4 is 11.6 Å². The van der Waals surface area contributed by atoms with Crippen LogP contribution in [0, 0.1) is 5.92 Å². The zero-order valence-corrected chi connectivity index (χ0v) is 10.7. The fraction of sp³-hybridized carbons (Fsp3) is 0.538. The van der Waals surface area contributed by atoms with Crippen LogP contribution in [0.4, 0.5) is 5.69 Å². The molecule has 2 heterocycles. The Labute approximate surface area is 107 Å². The highest BCUT2D eigenvalue weighted by molar-refractivity contribution is 5.76. The standard InChI is InChI=1S/C13H20N4O/c1-10-2-3-13(18)17(7-5-10)9-12-8-11(16-14)4-6-15-12/h4,6,8,10H,2-3,5,7,9,14H2,1H3,(H,15,16). The van der Waals surface area contributed by atoms with Crippen LogP contribution in [0.25, 0.3) is 0 Å². The van der Waals surface area contributed by atoms with Crippen molar-refractivity contribution in [3.8, 4) is 0 Å². The average Bonchev–Trinajstić information content (AvgIpc) is 2.54. The predicted molar refractivity (Wildman–Crippen MR) is 70.5 cm³/mol. The Hall–Kier alpha value is -1.62. The van der Waals surface area contributed by atoms with Crippen LogP contribution in [0.1, 0.15) is 31.9 Å². The van der Waals surface area contributed by atoms with Crippen molar-refractivity contribution in [1.82, 2.24) is 9.88 Å². The highest BCUT2D eigenvalue weighted by Crippen LogP contribution is 2.19. The van der Waals surface area contributed by atoms with E-state index in [0.29, 0.717) is 18.9 Å². The predicted octanol–water partition coefficient (Wildman–Crippen LogP) is 1.52. The van der Waals surface area contributed by atoms with Crippen LogP contribution in [0.5, 0.6) is 0 Å². The van der Waals surface area contributed by atoms with Gasteiger partial charge >= 0.3 is 0 Å². The molecule has 1 amide bonds. The van der Waals surface area contributed by atoms with E-state index < -0.39 is 0 Å². The van der Waals surface area contributed by atoms with E-state index in [9.17, 15) is 4.79 Å². The van der Waals surface area contributed by atoms with Crippen LogP contribution in [0.2, 0.25) is 0 Å². The molecule has 2 rings (SSSR count). The summed E-state index contributed by atoms with van der Waals surface area (Å²) in [4.78, 5) is 18.1. The van der Waals surface area contributed by atoms with Crippen molar-refractivity contribution in [2.45, 2.75) is 32.7 Å². The number of nitrogen functional groups attached to an aromatic ring is 1. The highest BCUT2D eigenvalue weighted by Gasteiger charge is 2.20. The summed E-state index contributed by atoms with van der Waals surface area (Å²) in [7, 11) is 0. The maximum absolute atomic E-state index is 12.0. The summed E-state index contributed by atoms with van der Waals surface area (Å²) in [5, 5.41) is 0. The molecule has 0 saturated carbocycles. The smallest absolute Gasteiger partial charge is 0.222 e. The first-order valence-corrected chi connectivity index (χ1v) is 6.38. The van der Waals surface area contributed by atoms with Gasteiger partial charge in [-0.05, 0) is 30.9 Å². The van der Waals surface area contributed by atoms with Gasteiger partial charge < -0.3 is 10.3 Å². The fourth-order valence-electron chi connectivity index (χ4n) is 2.19. The normalized spacial score (nSPS) is 20.7. The van der Waals surface area contributed by atoms with Crippen molar-refractivity contribution in [2.75, 3.05) is 12.0 Å². The van der Waals surface area contributed by atoms with Gasteiger partial charge in [0.1, 0.15) is 0 Å². The lowest BCUT2D eigenvalue weighted by molar-refractivity contribution is -0.131. The summed E-state index contributed by atoms with van der Waals surface area (Å²) in [6.07, 6.45) is 4.42. The molecule has 18 heavy (non-hydrogen) atoms. The number of hydrogen-bond acceptors (Lipinski definition) is 4. The van der Waals surface area contributed by atoms with Crippen molar-refractivity contribution in [2.24, 2.45) is 11.8 Å². The van der Waals surface area contributed by atoms with E-state index in [4.69, 9.17) is 5.84 Å². The van der Waals surface area contributed by atoms with E-state index in [0.717, 1.165) is 30.8 Å². The number of anilines is 1. The Kier molecular flexibility index (Phi) is 4.15. The first-order valence-electron chi connectivity index (χ1n) is 6.38. The molecule has 5 nitrogen and oxygen atoms in total. The van der Waals surface area contributed by atoms with Crippen molar-refractivity contribution in [1.29, 1.82) is 0 Å². The summed E-state index contributed by atoms with van der Waals surface area (Å²) in [6.45, 7) is 3.59. The van der Waals surface area contributed by atoms with Gasteiger partial charge in [-0.3, -0.25) is 15.6 Å². The minimum absolute atomic E-state index is 0.229. The molecule has 1 atom stereocenters. The molecule has 1 saturated heterocycles. The molecule has 3 N–H and O–H groups in total. The van der Waals surface area contributed by atoms with Gasteiger partial charge in [0.05, 0.1) is 17.9 Å². The number of nitrogens with zero attached hydrogens (tertiary/aromatic N) is 2. The van der Waals surface area contributed by atoms with E-state index >= 15 is 0 Å². The molecule has 0 bridgehead atoms. The summed E-state index contributed by atoms with van der Waals surface area (Å²) < 4.78 is 0. The Morgan fingerprint density at radius 1 is 1.56 bits per heavy atom. The van der Waals surface area contributed by atoms with Crippen LogP contribution < -0.4 is 11.3 Å². The second-order valence-corrected chi connectivity index (χ2v) is 4.93. The van der Waals surface area contributed by atoms with Gasteiger partial charge in [-0.2, -0.15) is 0 Å². The third-order valence-corrected chi connectivity index (χ3v) is 3.43. The highest BCUT2D eigenvalue weighted by atomic mass is 16.2. The Morgan fingerprint density at radius 2 is 2.39 bits per heavy atom. The fourth-order valence-corrected chi connectivity index (χ4v) is 2.19. The Morgan fingerprint density at radius 3 is 3.17 bits per heavy atom. The molecule has 1 unspecified atom stereocenters. The summed E-state index contributed by atoms with van der Waals surface area (Å²) >= 11 is 0. The first-order chi connectivity index (χ1) is 8.69. The van der Waals surface area contributed by atoms with E-state index in [1.165, 1.54) is 0 Å². The van der Waals surface area contributed by atoms with Gasteiger partial charge in [0, 0.05) is 19.2 Å². The minimum atomic E-state index is 0.229. The van der Waals surface area contributed by atoms with Gasteiger partial charge in [-0.15, -0.1) is 0 Å². The first kappa shape index (κ1) is 12.8. The van der Waals surface area contributed by atoms with Crippen LogP contribution in [-0.2, 0) is 11.3 Å². The van der Waals surface area contributed by atoms with Gasteiger partial charge in [-0.1, -0.05) is 6.92 Å². The number of pyridine rings is 1. The van der Waals surface area contributed by atoms with E-state index in [1.54, 1.807) is 12.3 Å². The number of nitrogens with one attached hydrogen (secondary N) is 1. The second kappa shape index (κ2) is 5.82. The number of hydrogen-bond donors (Lipinski definition) is 2. The number of amides is 1. The van der Waals surface area contributed by atoms with E-state index in [-0.39, 0.29) is 5.91 Å². The Balaban J connectivity index is 2.04. The van der Waals surface area contributed by atoms with Crippen molar-refractivity contribution < 1.29 is 4.79 Å². The molecule has 0 radical (unpaired) electrons. The molecule has 1 aromatic heterocycles. The number of nitrogens with two attached hydrogens (primary N) is 1. The lowest BCUT2D eigenvalue weighted by atomic mass is 10.0. The molecular formula is C13H20N4O. The molecule has 0 aliphatic carbocycles. The van der Waals surface area contributed by atoms with Crippen LogP contribution in [0.3, 0.4) is 0 Å². The van der Waals surface area contributed by atoms with Crippen LogP contribution >= 0.6 is 0 Å². The monoisotopic (exact) mass is 248 g/mol. The summed E-state index contributed by atoms with van der Waals surface area (Å²) in [5.41, 5.74) is 4.28. The third-order valence-electron chi connectivity index (χ3n) is 3.43. The average molecular weight is 248 g/mol. The number of carbonyl (C=O) groups is 1. The lowest BCUT2D eigenvalue weighted by Gasteiger charge is -2.20. The Bertz CT molecular complexity index is 421. The van der Waals surface area contributed by atoms with E-state index in [1.807, 2.05) is 11.0 Å². The summed E-state index contributed by atoms with van der Waals surface area (Å²) in [5.74, 6) is 6.22. The number of likely N-dealkylation sites (tertiary alicyclic amines) is 1. The van der Waals surface area contributed by atoms with Crippen LogP contribution in [0.15, 0.2) is 18.3 Å².